The molecule has 0 N–H and O–H groups in total. The molecule has 6 nitrogen and oxygen atoms in total. The molecule has 1 atom stereocenters. The lowest BCUT2D eigenvalue weighted by Gasteiger charge is -2.26. The van der Waals surface area contributed by atoms with Crippen molar-refractivity contribution in [3.63, 3.8) is 0 Å². The van der Waals surface area contributed by atoms with E-state index in [4.69, 9.17) is 14.2 Å². The largest absolute Gasteiger partial charge is 0.497 e. The molecular formula is C20H24N2O4. The first-order valence-electron chi connectivity index (χ1n) is 9.12. The zero-order valence-electron chi connectivity index (χ0n) is 15.3. The first-order chi connectivity index (χ1) is 12.7. The SMILES string of the molecule is CCOC(=O)c1cnc2ccc(OC)cc2c1N1CCC2(CCOC2)C1. The molecule has 4 rings (SSSR count). The molecule has 0 saturated carbocycles. The van der Waals surface area contributed by atoms with Crippen molar-refractivity contribution in [1.82, 2.24) is 4.98 Å². The van der Waals surface area contributed by atoms with Crippen LogP contribution < -0.4 is 9.64 Å². The van der Waals surface area contributed by atoms with Crippen molar-refractivity contribution >= 4 is 22.6 Å². The van der Waals surface area contributed by atoms with E-state index in [1.807, 2.05) is 25.1 Å². The molecule has 6 heteroatoms. The van der Waals surface area contributed by atoms with E-state index >= 15 is 0 Å². The van der Waals surface area contributed by atoms with Crippen LogP contribution in [0.5, 0.6) is 5.75 Å². The Kier molecular flexibility index (Phi) is 4.44. The smallest absolute Gasteiger partial charge is 0.341 e. The van der Waals surface area contributed by atoms with E-state index in [1.165, 1.54) is 0 Å². The number of carbonyl (C=O) groups is 1. The third kappa shape index (κ3) is 2.88. The Bertz CT molecular complexity index is 830. The molecule has 3 heterocycles. The fraction of sp³-hybridized carbons (Fsp3) is 0.500. The number of carbonyl (C=O) groups excluding carboxylic acids is 1. The second-order valence-electron chi connectivity index (χ2n) is 7.10. The zero-order chi connectivity index (χ0) is 18.1. The Morgan fingerprint density at radius 1 is 1.38 bits per heavy atom. The van der Waals surface area contributed by atoms with Crippen molar-refractivity contribution in [2.75, 3.05) is 44.9 Å². The molecule has 2 saturated heterocycles. The minimum atomic E-state index is -0.330. The lowest BCUT2D eigenvalue weighted by atomic mass is 9.87. The Labute approximate surface area is 153 Å². The molecule has 0 aliphatic carbocycles. The van der Waals surface area contributed by atoms with E-state index in [0.717, 1.165) is 61.5 Å². The topological polar surface area (TPSA) is 60.9 Å². The van der Waals surface area contributed by atoms with Crippen molar-refractivity contribution in [3.05, 3.63) is 30.0 Å². The van der Waals surface area contributed by atoms with Gasteiger partial charge in [-0.3, -0.25) is 4.98 Å². The number of rotatable bonds is 4. The molecular weight excluding hydrogens is 332 g/mol. The standard InChI is InChI=1S/C20H24N2O4/c1-3-26-19(23)16-11-21-17-5-4-14(24-2)10-15(17)18(16)22-8-6-20(12-22)7-9-25-13-20/h4-5,10-11H,3,6-9,12-13H2,1-2H3. The van der Waals surface area contributed by atoms with Crippen LogP contribution in [0.4, 0.5) is 5.69 Å². The van der Waals surface area contributed by atoms with Gasteiger partial charge in [0, 0.05) is 36.7 Å². The highest BCUT2D eigenvalue weighted by Crippen LogP contribution is 2.43. The fourth-order valence-corrected chi connectivity index (χ4v) is 4.08. The van der Waals surface area contributed by atoms with Gasteiger partial charge < -0.3 is 19.1 Å². The number of aromatic nitrogens is 1. The first kappa shape index (κ1) is 17.1. The molecule has 138 valence electrons. The Hall–Kier alpha value is -2.34. The van der Waals surface area contributed by atoms with Crippen LogP contribution in [0.15, 0.2) is 24.4 Å². The van der Waals surface area contributed by atoms with Crippen LogP contribution in [0, 0.1) is 5.41 Å². The first-order valence-corrected chi connectivity index (χ1v) is 9.12. The summed E-state index contributed by atoms with van der Waals surface area (Å²) in [4.78, 5) is 19.4. The van der Waals surface area contributed by atoms with Gasteiger partial charge in [-0.15, -0.1) is 0 Å². The maximum Gasteiger partial charge on any atom is 0.341 e. The molecule has 1 unspecified atom stereocenters. The number of pyridine rings is 1. The number of nitrogens with zero attached hydrogens (tertiary/aromatic N) is 2. The molecule has 26 heavy (non-hydrogen) atoms. The molecule has 2 aliphatic rings. The highest BCUT2D eigenvalue weighted by molar-refractivity contribution is 6.05. The van der Waals surface area contributed by atoms with Crippen LogP contribution in [-0.4, -0.2) is 51.0 Å². The summed E-state index contributed by atoms with van der Waals surface area (Å²) in [7, 11) is 1.64. The Morgan fingerprint density at radius 3 is 3.00 bits per heavy atom. The molecule has 2 aromatic rings. The van der Waals surface area contributed by atoms with Crippen molar-refractivity contribution in [1.29, 1.82) is 0 Å². The number of fused-ring (bicyclic) bond motifs is 1. The summed E-state index contributed by atoms with van der Waals surface area (Å²) in [5.74, 6) is 0.419. The average Bonchev–Trinajstić information content (AvgIpc) is 3.30. The minimum Gasteiger partial charge on any atom is -0.497 e. The third-order valence-corrected chi connectivity index (χ3v) is 5.48. The predicted octanol–water partition coefficient (Wildman–Crippen LogP) is 3.04. The maximum absolute atomic E-state index is 12.6. The lowest BCUT2D eigenvalue weighted by molar-refractivity contribution is 0.0527. The Morgan fingerprint density at radius 2 is 2.27 bits per heavy atom. The van der Waals surface area contributed by atoms with Gasteiger partial charge >= 0.3 is 5.97 Å². The van der Waals surface area contributed by atoms with Gasteiger partial charge in [0.05, 0.1) is 31.5 Å². The summed E-state index contributed by atoms with van der Waals surface area (Å²) in [5.41, 5.74) is 2.46. The normalized spacial score (nSPS) is 22.3. The molecule has 2 aliphatic heterocycles. The highest BCUT2D eigenvalue weighted by atomic mass is 16.5. The molecule has 0 amide bonds. The highest BCUT2D eigenvalue weighted by Gasteiger charge is 2.42. The van der Waals surface area contributed by atoms with Crippen LogP contribution in [0.3, 0.4) is 0 Å². The number of benzene rings is 1. The third-order valence-electron chi connectivity index (χ3n) is 5.48. The van der Waals surface area contributed by atoms with E-state index in [9.17, 15) is 4.79 Å². The van der Waals surface area contributed by atoms with Gasteiger partial charge in [-0.1, -0.05) is 0 Å². The van der Waals surface area contributed by atoms with Crippen molar-refractivity contribution < 1.29 is 19.0 Å². The van der Waals surface area contributed by atoms with E-state index in [0.29, 0.717) is 12.2 Å². The van der Waals surface area contributed by atoms with Gasteiger partial charge in [-0.05, 0) is 38.0 Å². The number of anilines is 1. The van der Waals surface area contributed by atoms with E-state index in [-0.39, 0.29) is 11.4 Å². The van der Waals surface area contributed by atoms with E-state index in [1.54, 1.807) is 13.3 Å². The van der Waals surface area contributed by atoms with Gasteiger partial charge in [-0.25, -0.2) is 4.79 Å². The second-order valence-corrected chi connectivity index (χ2v) is 7.10. The molecule has 1 aromatic heterocycles. The number of esters is 1. The summed E-state index contributed by atoms with van der Waals surface area (Å²) in [6.07, 6.45) is 3.78. The van der Waals surface area contributed by atoms with Crippen molar-refractivity contribution in [2.24, 2.45) is 5.41 Å². The predicted molar refractivity (Wildman–Crippen MR) is 99.0 cm³/mol. The molecule has 2 fully saturated rings. The zero-order valence-corrected chi connectivity index (χ0v) is 15.3. The van der Waals surface area contributed by atoms with Gasteiger partial charge in [0.1, 0.15) is 11.3 Å². The van der Waals surface area contributed by atoms with Gasteiger partial charge in [-0.2, -0.15) is 0 Å². The maximum atomic E-state index is 12.6. The van der Waals surface area contributed by atoms with E-state index in [2.05, 4.69) is 9.88 Å². The van der Waals surface area contributed by atoms with Crippen LogP contribution in [-0.2, 0) is 9.47 Å². The fourth-order valence-electron chi connectivity index (χ4n) is 4.08. The average molecular weight is 356 g/mol. The number of hydrogen-bond acceptors (Lipinski definition) is 6. The number of ether oxygens (including phenoxy) is 3. The Balaban J connectivity index is 1.83. The van der Waals surface area contributed by atoms with Gasteiger partial charge in [0.25, 0.3) is 0 Å². The van der Waals surface area contributed by atoms with Crippen molar-refractivity contribution in [2.45, 2.75) is 19.8 Å². The molecule has 1 aromatic carbocycles. The molecule has 0 bridgehead atoms. The quantitative estimate of drug-likeness (QED) is 0.785. The second kappa shape index (κ2) is 6.76. The van der Waals surface area contributed by atoms with E-state index < -0.39 is 0 Å². The summed E-state index contributed by atoms with van der Waals surface area (Å²) in [6, 6.07) is 5.77. The molecule has 0 radical (unpaired) electrons. The number of hydrogen-bond donors (Lipinski definition) is 0. The summed E-state index contributed by atoms with van der Waals surface area (Å²) in [5, 5.41) is 0.922. The molecule has 1 spiro atoms. The van der Waals surface area contributed by atoms with Crippen LogP contribution in [0.2, 0.25) is 0 Å². The number of methoxy groups -OCH3 is 1. The summed E-state index contributed by atoms with van der Waals surface area (Å²) >= 11 is 0. The van der Waals surface area contributed by atoms with Gasteiger partial charge in [0.2, 0.25) is 0 Å². The monoisotopic (exact) mass is 356 g/mol. The van der Waals surface area contributed by atoms with Crippen LogP contribution >= 0.6 is 0 Å². The minimum absolute atomic E-state index is 0.195. The summed E-state index contributed by atoms with van der Waals surface area (Å²) < 4.78 is 16.3. The lowest BCUT2D eigenvalue weighted by Crippen LogP contribution is -2.29. The van der Waals surface area contributed by atoms with Gasteiger partial charge in [0.15, 0.2) is 0 Å². The van der Waals surface area contributed by atoms with Crippen LogP contribution in [0.25, 0.3) is 10.9 Å². The van der Waals surface area contributed by atoms with Crippen LogP contribution in [0.1, 0.15) is 30.1 Å². The summed E-state index contributed by atoms with van der Waals surface area (Å²) in [6.45, 7) is 5.55. The van der Waals surface area contributed by atoms with Crippen molar-refractivity contribution in [3.8, 4) is 5.75 Å².